The highest BCUT2D eigenvalue weighted by atomic mass is 35.5. The van der Waals surface area contributed by atoms with E-state index in [0.29, 0.717) is 21.7 Å². The molecule has 1 aromatic carbocycles. The summed E-state index contributed by atoms with van der Waals surface area (Å²) < 4.78 is 7.60. The monoisotopic (exact) mass is 322 g/mol. The van der Waals surface area contributed by atoms with Gasteiger partial charge in [-0.3, -0.25) is 4.68 Å². The Morgan fingerprint density at radius 2 is 2.24 bits per heavy atom. The van der Waals surface area contributed by atoms with Gasteiger partial charge in [-0.05, 0) is 32.0 Å². The number of aryl methyl sites for hydroxylation is 2. The first kappa shape index (κ1) is 14.3. The van der Waals surface area contributed by atoms with Crippen LogP contribution in [0.1, 0.15) is 18.3 Å². The second kappa shape index (κ2) is 5.61. The molecule has 0 aliphatic rings. The number of halogens is 1. The van der Waals surface area contributed by atoms with E-state index in [1.165, 1.54) is 11.8 Å². The third-order valence-electron chi connectivity index (χ3n) is 3.18. The second-order valence-electron chi connectivity index (χ2n) is 4.66. The van der Waals surface area contributed by atoms with Crippen LogP contribution < -0.4 is 5.73 Å². The van der Waals surface area contributed by atoms with Gasteiger partial charge in [-0.25, -0.2) is 4.98 Å². The Labute approximate surface area is 131 Å². The van der Waals surface area contributed by atoms with Crippen molar-refractivity contribution in [2.45, 2.75) is 31.4 Å². The molecule has 7 heteroatoms. The van der Waals surface area contributed by atoms with Gasteiger partial charge in [-0.2, -0.15) is 5.10 Å². The van der Waals surface area contributed by atoms with Gasteiger partial charge in [0.25, 0.3) is 5.22 Å². The van der Waals surface area contributed by atoms with Gasteiger partial charge in [-0.1, -0.05) is 23.4 Å². The van der Waals surface area contributed by atoms with Crippen molar-refractivity contribution in [1.82, 2.24) is 14.8 Å². The molecule has 3 rings (SSSR count). The van der Waals surface area contributed by atoms with Crippen molar-refractivity contribution < 1.29 is 4.42 Å². The smallest absolute Gasteiger partial charge is 0.257 e. The SMILES string of the molecule is CCn1nc(C)c(Cl)c1CSc1nc2cc(N)ccc2o1. The third kappa shape index (κ3) is 2.73. The quantitative estimate of drug-likeness (QED) is 0.583. The van der Waals surface area contributed by atoms with Crippen LogP contribution in [0.5, 0.6) is 0 Å². The minimum Gasteiger partial charge on any atom is -0.431 e. The summed E-state index contributed by atoms with van der Waals surface area (Å²) in [5.41, 5.74) is 9.75. The molecule has 0 fully saturated rings. The summed E-state index contributed by atoms with van der Waals surface area (Å²) in [6.07, 6.45) is 0. The molecule has 0 spiro atoms. The average molecular weight is 323 g/mol. The number of nitrogen functional groups attached to an aromatic ring is 1. The zero-order chi connectivity index (χ0) is 15.0. The molecule has 2 N–H and O–H groups in total. The summed E-state index contributed by atoms with van der Waals surface area (Å²) in [5.74, 6) is 0.663. The van der Waals surface area contributed by atoms with Crippen molar-refractivity contribution in [1.29, 1.82) is 0 Å². The molecule has 5 nitrogen and oxygen atoms in total. The van der Waals surface area contributed by atoms with E-state index >= 15 is 0 Å². The zero-order valence-electron chi connectivity index (χ0n) is 11.8. The lowest BCUT2D eigenvalue weighted by atomic mass is 10.3. The van der Waals surface area contributed by atoms with Crippen molar-refractivity contribution in [3.8, 4) is 0 Å². The van der Waals surface area contributed by atoms with Crippen molar-refractivity contribution in [2.75, 3.05) is 5.73 Å². The van der Waals surface area contributed by atoms with Gasteiger partial charge in [0.1, 0.15) is 5.52 Å². The maximum Gasteiger partial charge on any atom is 0.257 e. The molecule has 0 saturated heterocycles. The highest BCUT2D eigenvalue weighted by Gasteiger charge is 2.14. The highest BCUT2D eigenvalue weighted by Crippen LogP contribution is 2.30. The van der Waals surface area contributed by atoms with Crippen LogP contribution in [0.15, 0.2) is 27.8 Å². The van der Waals surface area contributed by atoms with Gasteiger partial charge in [-0.15, -0.1) is 0 Å². The second-order valence-corrected chi connectivity index (χ2v) is 5.96. The predicted molar refractivity (Wildman–Crippen MR) is 85.6 cm³/mol. The van der Waals surface area contributed by atoms with E-state index in [4.69, 9.17) is 21.8 Å². The van der Waals surface area contributed by atoms with Gasteiger partial charge in [0.15, 0.2) is 5.58 Å². The average Bonchev–Trinajstić information content (AvgIpc) is 2.98. The number of anilines is 1. The number of nitrogens with two attached hydrogens (primary N) is 1. The normalized spacial score (nSPS) is 11.4. The first-order valence-electron chi connectivity index (χ1n) is 6.59. The Bertz CT molecular complexity index is 796. The Morgan fingerprint density at radius 1 is 1.43 bits per heavy atom. The highest BCUT2D eigenvalue weighted by molar-refractivity contribution is 7.98. The number of aromatic nitrogens is 3. The van der Waals surface area contributed by atoms with Gasteiger partial charge in [0.05, 0.1) is 16.4 Å². The van der Waals surface area contributed by atoms with Crippen LogP contribution in [0, 0.1) is 6.92 Å². The molecule has 0 bridgehead atoms. The maximum atomic E-state index is 6.29. The van der Waals surface area contributed by atoms with Crippen LogP contribution in [-0.4, -0.2) is 14.8 Å². The number of fused-ring (bicyclic) bond motifs is 1. The van der Waals surface area contributed by atoms with Crippen LogP contribution in [0.25, 0.3) is 11.1 Å². The van der Waals surface area contributed by atoms with Crippen molar-refractivity contribution >= 4 is 40.1 Å². The largest absolute Gasteiger partial charge is 0.431 e. The van der Waals surface area contributed by atoms with Crippen LogP contribution >= 0.6 is 23.4 Å². The lowest BCUT2D eigenvalue weighted by Gasteiger charge is -2.02. The molecule has 0 aliphatic heterocycles. The molecule has 2 heterocycles. The van der Waals surface area contributed by atoms with Crippen LogP contribution in [0.3, 0.4) is 0 Å². The standard InChI is InChI=1S/C14H15ClN4OS/c1-3-19-11(13(15)8(2)18-19)7-21-14-17-10-6-9(16)4-5-12(10)20-14/h4-6H,3,7,16H2,1-2H3. The van der Waals surface area contributed by atoms with Crippen LogP contribution in [0.2, 0.25) is 5.02 Å². The first-order valence-corrected chi connectivity index (χ1v) is 7.95. The van der Waals surface area contributed by atoms with Gasteiger partial charge < -0.3 is 10.2 Å². The topological polar surface area (TPSA) is 69.9 Å². The lowest BCUT2D eigenvalue weighted by Crippen LogP contribution is -2.01. The Morgan fingerprint density at radius 3 is 3.00 bits per heavy atom. The fourth-order valence-electron chi connectivity index (χ4n) is 2.12. The Kier molecular flexibility index (Phi) is 3.82. The maximum absolute atomic E-state index is 6.29. The lowest BCUT2D eigenvalue weighted by molar-refractivity contribution is 0.489. The molecule has 21 heavy (non-hydrogen) atoms. The molecule has 2 aromatic heterocycles. The van der Waals surface area contributed by atoms with E-state index in [9.17, 15) is 0 Å². The van der Waals surface area contributed by atoms with E-state index in [-0.39, 0.29) is 0 Å². The Balaban J connectivity index is 1.83. The summed E-state index contributed by atoms with van der Waals surface area (Å²) in [5, 5.41) is 5.72. The van der Waals surface area contributed by atoms with Gasteiger partial charge in [0, 0.05) is 18.0 Å². The molecular formula is C14H15ClN4OS. The minimum atomic E-state index is 0.605. The molecule has 3 aromatic rings. The van der Waals surface area contributed by atoms with Crippen molar-refractivity contribution in [3.05, 3.63) is 34.6 Å². The van der Waals surface area contributed by atoms with Crippen LogP contribution in [0.4, 0.5) is 5.69 Å². The van der Waals surface area contributed by atoms with E-state index in [0.717, 1.165) is 29.0 Å². The van der Waals surface area contributed by atoms with E-state index < -0.39 is 0 Å². The summed E-state index contributed by atoms with van der Waals surface area (Å²) in [6, 6.07) is 5.43. The zero-order valence-corrected chi connectivity index (χ0v) is 13.3. The summed E-state index contributed by atoms with van der Waals surface area (Å²) in [7, 11) is 0. The van der Waals surface area contributed by atoms with Gasteiger partial charge >= 0.3 is 0 Å². The minimum absolute atomic E-state index is 0.605. The third-order valence-corrected chi connectivity index (χ3v) is 4.51. The number of rotatable bonds is 4. The molecule has 0 saturated carbocycles. The number of benzene rings is 1. The van der Waals surface area contributed by atoms with Gasteiger partial charge in [0.2, 0.25) is 0 Å². The summed E-state index contributed by atoms with van der Waals surface area (Å²) in [6.45, 7) is 4.73. The van der Waals surface area contributed by atoms with Crippen LogP contribution in [-0.2, 0) is 12.3 Å². The molecule has 0 amide bonds. The number of hydrogen-bond acceptors (Lipinski definition) is 5. The fraction of sp³-hybridized carbons (Fsp3) is 0.286. The molecule has 0 radical (unpaired) electrons. The Hall–Kier alpha value is -1.66. The number of nitrogens with zero attached hydrogens (tertiary/aromatic N) is 3. The summed E-state index contributed by atoms with van der Waals surface area (Å²) in [4.78, 5) is 4.42. The molecule has 0 atom stereocenters. The summed E-state index contributed by atoms with van der Waals surface area (Å²) >= 11 is 7.79. The number of hydrogen-bond donors (Lipinski definition) is 1. The fourth-order valence-corrected chi connectivity index (χ4v) is 3.27. The molecule has 110 valence electrons. The number of thioether (sulfide) groups is 1. The van der Waals surface area contributed by atoms with E-state index in [2.05, 4.69) is 10.1 Å². The van der Waals surface area contributed by atoms with Crippen molar-refractivity contribution in [3.63, 3.8) is 0 Å². The van der Waals surface area contributed by atoms with Crippen molar-refractivity contribution in [2.24, 2.45) is 0 Å². The molecule has 0 aliphatic carbocycles. The van der Waals surface area contributed by atoms with E-state index in [1.54, 1.807) is 12.1 Å². The number of oxazole rings is 1. The molecular weight excluding hydrogens is 308 g/mol. The van der Waals surface area contributed by atoms with E-state index in [1.807, 2.05) is 24.6 Å². The molecule has 0 unspecified atom stereocenters. The predicted octanol–water partition coefficient (Wildman–Crippen LogP) is 3.88. The first-order chi connectivity index (χ1) is 10.1.